The molecule has 19 heteroatoms. The number of benzene rings is 1. The van der Waals surface area contributed by atoms with Crippen LogP contribution in [0.25, 0.3) is 11.0 Å². The van der Waals surface area contributed by atoms with Crippen LogP contribution in [0.3, 0.4) is 0 Å². The topological polar surface area (TPSA) is 263 Å². The number of hydrogen-bond acceptors (Lipinski definition) is 14. The van der Waals surface area contributed by atoms with Crippen molar-refractivity contribution in [2.24, 2.45) is 7.05 Å². The van der Waals surface area contributed by atoms with Gasteiger partial charge in [0.1, 0.15) is 36.7 Å². The van der Waals surface area contributed by atoms with Gasteiger partial charge in [0.05, 0.1) is 18.5 Å². The smallest absolute Gasteiger partial charge is 0.409 e. The maximum absolute atomic E-state index is 12.4. The lowest BCUT2D eigenvalue weighted by molar-refractivity contribution is -0.769. The number of imidazole rings is 1. The number of aliphatic hydroxyl groups is 2. The maximum Gasteiger partial charge on any atom is 0.409 e. The Morgan fingerprint density at radius 1 is 1.27 bits per heavy atom. The van der Waals surface area contributed by atoms with Crippen molar-refractivity contribution < 1.29 is 63.7 Å². The molecule has 5 atom stereocenters. The van der Waals surface area contributed by atoms with E-state index in [4.69, 9.17) is 29.2 Å². The fraction of sp³-hybridized carbons (Fsp3) is 0.538. The van der Waals surface area contributed by atoms with Crippen LogP contribution < -0.4 is 15.4 Å². The number of ether oxygens (including phenoxy) is 4. The van der Waals surface area contributed by atoms with E-state index in [0.29, 0.717) is 17.9 Å². The molecule has 2 aliphatic heterocycles. The molecule has 0 saturated carbocycles. The molecule has 2 saturated heterocycles. The van der Waals surface area contributed by atoms with Gasteiger partial charge in [0.15, 0.2) is 12.2 Å². The summed E-state index contributed by atoms with van der Waals surface area (Å²) in [7, 11) is 1.86. The Bertz CT molecular complexity index is 1380. The summed E-state index contributed by atoms with van der Waals surface area (Å²) < 4.78 is 23.4. The number of carboxylic acids is 2. The number of amides is 1. The molecule has 2 fully saturated rings. The standard InChI is InChI=1S/C22H31N5O10.C4H4O4/c1-21(2,25-7-13(28)8-33-15-6-4-5-14-17(15)26(3)12-24-14)10-23-20(29)36-22(30)11-35-18-16(37-27(31)32)9-34-19(18)22;5-3(6)1-2-4(7)8/h4-6,12-13,16,18-19,25,28,30H,7-11H2,1-3H3,(H,23,29);1-2H,(H,5,6)(H,7,8)/b;2-1+/t13?,16-,18-,19+,22+;/m1./s1. The fourth-order valence-electron chi connectivity index (χ4n) is 4.38. The Balaban J connectivity index is 0.000000610. The first-order chi connectivity index (χ1) is 21.1. The molecular formula is C26H35N5O14. The Labute approximate surface area is 255 Å². The van der Waals surface area contributed by atoms with Gasteiger partial charge < -0.3 is 59.4 Å². The molecule has 1 aromatic carbocycles. The summed E-state index contributed by atoms with van der Waals surface area (Å²) in [4.78, 5) is 50.8. The van der Waals surface area contributed by atoms with E-state index in [1.54, 1.807) is 26.2 Å². The minimum atomic E-state index is -2.12. The zero-order chi connectivity index (χ0) is 33.4. The Kier molecular flexibility index (Phi) is 11.6. The van der Waals surface area contributed by atoms with E-state index in [2.05, 4.69) is 20.5 Å². The average molecular weight is 642 g/mol. The largest absolute Gasteiger partial charge is 0.489 e. The van der Waals surface area contributed by atoms with Gasteiger partial charge in [0.2, 0.25) is 0 Å². The van der Waals surface area contributed by atoms with Crippen molar-refractivity contribution in [1.29, 1.82) is 0 Å². The third-order valence-corrected chi connectivity index (χ3v) is 6.51. The number of aliphatic carboxylic acids is 2. The molecule has 0 radical (unpaired) electrons. The highest BCUT2D eigenvalue weighted by atomic mass is 17.0. The van der Waals surface area contributed by atoms with Crippen LogP contribution in [0.2, 0.25) is 0 Å². The van der Waals surface area contributed by atoms with Crippen molar-refractivity contribution in [3.63, 3.8) is 0 Å². The highest BCUT2D eigenvalue weighted by molar-refractivity contribution is 5.89. The SMILES string of the molecule is Cn1cnc2cccc(OCC(O)CNC(C)(C)CNC(=O)O[C@@]3(O)CO[C@@H]4[C@H](O[N+](=O)[O-])CO[C@@H]43)c21.O=C(O)/C=C/C(=O)O. The number of para-hydroxylation sites is 1. The molecular weight excluding hydrogens is 606 g/mol. The van der Waals surface area contributed by atoms with Gasteiger partial charge in [-0.1, -0.05) is 6.07 Å². The molecule has 1 amide bonds. The summed E-state index contributed by atoms with van der Waals surface area (Å²) in [5, 5.41) is 52.0. The summed E-state index contributed by atoms with van der Waals surface area (Å²) in [6.45, 7) is 3.31. The van der Waals surface area contributed by atoms with Gasteiger partial charge in [-0.25, -0.2) is 19.4 Å². The van der Waals surface area contributed by atoms with Gasteiger partial charge in [-0.15, -0.1) is 10.1 Å². The third-order valence-electron chi connectivity index (χ3n) is 6.51. The lowest BCUT2D eigenvalue weighted by Gasteiger charge is -2.30. The monoisotopic (exact) mass is 641 g/mol. The molecule has 2 aliphatic rings. The number of hydrogen-bond donors (Lipinski definition) is 6. The highest BCUT2D eigenvalue weighted by Crippen LogP contribution is 2.36. The summed E-state index contributed by atoms with van der Waals surface area (Å²) >= 11 is 0. The normalized spacial score (nSPS) is 23.1. The number of aromatic nitrogens is 2. The number of aryl methyl sites for hydroxylation is 1. The van der Waals surface area contributed by atoms with Gasteiger partial charge in [-0.3, -0.25) is 0 Å². The number of aliphatic hydroxyl groups excluding tert-OH is 1. The van der Waals surface area contributed by atoms with Crippen LogP contribution in [0, 0.1) is 10.1 Å². The van der Waals surface area contributed by atoms with Gasteiger partial charge in [-0.05, 0) is 26.0 Å². The predicted molar refractivity (Wildman–Crippen MR) is 149 cm³/mol. The number of nitrogens with zero attached hydrogens (tertiary/aromatic N) is 3. The number of fused-ring (bicyclic) bond motifs is 2. The quantitative estimate of drug-likeness (QED) is 0.0675. The second kappa shape index (κ2) is 14.9. The third kappa shape index (κ3) is 9.98. The van der Waals surface area contributed by atoms with E-state index >= 15 is 0 Å². The number of alkyl carbamates (subject to hydrolysis) is 1. The number of carbonyl (C=O) groups excluding carboxylic acids is 1. The molecule has 1 aromatic heterocycles. The number of β-amino-alcohol motifs (C(OH)–C–C–N with tert-alkyl or cyclic N) is 1. The number of carboxylic acid groups (broad SMARTS) is 2. The molecule has 248 valence electrons. The molecule has 4 rings (SSSR count). The zero-order valence-electron chi connectivity index (χ0n) is 24.5. The van der Waals surface area contributed by atoms with Gasteiger partial charge in [0.25, 0.3) is 10.9 Å². The van der Waals surface area contributed by atoms with Crippen LogP contribution in [0.1, 0.15) is 13.8 Å². The van der Waals surface area contributed by atoms with Crippen molar-refractivity contribution in [1.82, 2.24) is 20.2 Å². The maximum atomic E-state index is 12.4. The van der Waals surface area contributed by atoms with Gasteiger partial charge in [0, 0.05) is 37.8 Å². The van der Waals surface area contributed by atoms with Crippen LogP contribution in [-0.4, -0.2) is 122 Å². The Morgan fingerprint density at radius 2 is 1.96 bits per heavy atom. The van der Waals surface area contributed by atoms with Crippen LogP contribution in [-0.2, 0) is 35.7 Å². The predicted octanol–water partition coefficient (Wildman–Crippen LogP) is -0.818. The van der Waals surface area contributed by atoms with Crippen molar-refractivity contribution in [3.8, 4) is 5.75 Å². The molecule has 0 spiro atoms. The lowest BCUT2D eigenvalue weighted by atomic mass is 10.1. The number of rotatable bonds is 13. The summed E-state index contributed by atoms with van der Waals surface area (Å²) in [6, 6.07) is 5.51. The van der Waals surface area contributed by atoms with E-state index in [0.717, 1.165) is 11.0 Å². The molecule has 0 bridgehead atoms. The fourth-order valence-corrected chi connectivity index (χ4v) is 4.38. The first-order valence-electron chi connectivity index (χ1n) is 13.4. The summed E-state index contributed by atoms with van der Waals surface area (Å²) in [6.07, 6.45) is -2.07. The van der Waals surface area contributed by atoms with Gasteiger partial charge >= 0.3 is 18.0 Å². The molecule has 3 heterocycles. The second-order valence-electron chi connectivity index (χ2n) is 10.7. The van der Waals surface area contributed by atoms with E-state index in [9.17, 15) is 34.7 Å². The first kappa shape index (κ1) is 34.9. The zero-order valence-corrected chi connectivity index (χ0v) is 24.5. The van der Waals surface area contributed by atoms with Crippen molar-refractivity contribution in [2.45, 2.75) is 49.6 Å². The molecule has 45 heavy (non-hydrogen) atoms. The highest BCUT2D eigenvalue weighted by Gasteiger charge is 2.60. The molecule has 19 nitrogen and oxygen atoms in total. The molecule has 6 N–H and O–H groups in total. The summed E-state index contributed by atoms with van der Waals surface area (Å²) in [5.41, 5.74) is 0.962. The van der Waals surface area contributed by atoms with Crippen LogP contribution >= 0.6 is 0 Å². The van der Waals surface area contributed by atoms with Crippen molar-refractivity contribution in [3.05, 3.63) is 46.8 Å². The average Bonchev–Trinajstić information content (AvgIpc) is 3.64. The second-order valence-corrected chi connectivity index (χ2v) is 10.7. The van der Waals surface area contributed by atoms with Crippen molar-refractivity contribution >= 4 is 29.1 Å². The van der Waals surface area contributed by atoms with E-state index < -0.39 is 65.5 Å². The number of carbonyl (C=O) groups is 3. The van der Waals surface area contributed by atoms with Gasteiger partial charge in [-0.2, -0.15) is 0 Å². The number of nitrogens with one attached hydrogen (secondary N) is 2. The van der Waals surface area contributed by atoms with E-state index in [1.165, 1.54) is 0 Å². The molecule has 1 unspecified atom stereocenters. The van der Waals surface area contributed by atoms with Crippen LogP contribution in [0.5, 0.6) is 5.75 Å². The molecule has 2 aromatic rings. The lowest BCUT2D eigenvalue weighted by Crippen LogP contribution is -2.54. The molecule has 0 aliphatic carbocycles. The Hall–Kier alpha value is -4.56. The van der Waals surface area contributed by atoms with Crippen LogP contribution in [0.15, 0.2) is 36.7 Å². The minimum absolute atomic E-state index is 0.0413. The summed E-state index contributed by atoms with van der Waals surface area (Å²) in [5.74, 6) is -4.02. The first-order valence-corrected chi connectivity index (χ1v) is 13.4. The van der Waals surface area contributed by atoms with E-state index in [-0.39, 0.29) is 26.3 Å². The van der Waals surface area contributed by atoms with Crippen molar-refractivity contribution in [2.75, 3.05) is 32.9 Å². The van der Waals surface area contributed by atoms with E-state index in [1.807, 2.05) is 23.7 Å². The minimum Gasteiger partial charge on any atom is -0.489 e. The Morgan fingerprint density at radius 3 is 2.60 bits per heavy atom. The van der Waals surface area contributed by atoms with Crippen LogP contribution in [0.4, 0.5) is 4.79 Å².